The van der Waals surface area contributed by atoms with Crippen LogP contribution in [0.5, 0.6) is 0 Å². The van der Waals surface area contributed by atoms with Gasteiger partial charge in [0.15, 0.2) is 5.54 Å². The van der Waals surface area contributed by atoms with Gasteiger partial charge in [-0.05, 0) is 24.1 Å². The molecule has 1 fully saturated rings. The monoisotopic (exact) mass is 339 g/mol. The highest BCUT2D eigenvalue weighted by Crippen LogP contribution is 2.30. The van der Waals surface area contributed by atoms with Crippen LogP contribution in [0.15, 0.2) is 48.8 Å². The van der Waals surface area contributed by atoms with Gasteiger partial charge < -0.3 is 10.0 Å². The number of carboxylic acid groups (broad SMARTS) is 1. The molecule has 1 amide bonds. The van der Waals surface area contributed by atoms with Crippen molar-refractivity contribution < 1.29 is 14.7 Å². The van der Waals surface area contributed by atoms with E-state index in [9.17, 15) is 14.7 Å². The van der Waals surface area contributed by atoms with Crippen LogP contribution in [0.3, 0.4) is 0 Å². The second kappa shape index (κ2) is 6.93. The minimum atomic E-state index is -1.08. The zero-order valence-corrected chi connectivity index (χ0v) is 14.1. The van der Waals surface area contributed by atoms with Gasteiger partial charge >= 0.3 is 5.97 Å². The van der Waals surface area contributed by atoms with E-state index in [-0.39, 0.29) is 5.91 Å². The SMILES string of the molecule is Cc1cnn(C2(C(=O)O)CCN(C(=O)C=Cc3ccccc3)CC2)c1. The molecule has 0 saturated carbocycles. The summed E-state index contributed by atoms with van der Waals surface area (Å²) in [5.74, 6) is -0.998. The van der Waals surface area contributed by atoms with Gasteiger partial charge in [-0.2, -0.15) is 5.10 Å². The molecular formula is C19H21N3O3. The molecule has 1 aliphatic rings. The summed E-state index contributed by atoms with van der Waals surface area (Å²) in [5.41, 5.74) is 0.804. The highest BCUT2D eigenvalue weighted by atomic mass is 16.4. The van der Waals surface area contributed by atoms with Crippen LogP contribution < -0.4 is 0 Å². The summed E-state index contributed by atoms with van der Waals surface area (Å²) in [7, 11) is 0. The maximum atomic E-state index is 12.4. The van der Waals surface area contributed by atoms with Crippen molar-refractivity contribution in [3.8, 4) is 0 Å². The second-order valence-electron chi connectivity index (χ2n) is 6.37. The molecule has 1 saturated heterocycles. The Morgan fingerprint density at radius 2 is 1.88 bits per heavy atom. The van der Waals surface area contributed by atoms with Crippen LogP contribution in [0, 0.1) is 6.92 Å². The van der Waals surface area contributed by atoms with Gasteiger partial charge in [0.25, 0.3) is 0 Å². The van der Waals surface area contributed by atoms with Gasteiger partial charge in [-0.15, -0.1) is 0 Å². The van der Waals surface area contributed by atoms with Crippen molar-refractivity contribution >= 4 is 18.0 Å². The fraction of sp³-hybridized carbons (Fsp3) is 0.316. The summed E-state index contributed by atoms with van der Waals surface area (Å²) in [6, 6.07) is 9.61. The molecule has 1 aromatic carbocycles. The van der Waals surface area contributed by atoms with Gasteiger partial charge in [0.2, 0.25) is 5.91 Å². The summed E-state index contributed by atoms with van der Waals surface area (Å²) in [6.07, 6.45) is 7.41. The summed E-state index contributed by atoms with van der Waals surface area (Å²) in [5, 5.41) is 13.9. The topological polar surface area (TPSA) is 75.4 Å². The molecule has 0 unspecified atom stereocenters. The summed E-state index contributed by atoms with van der Waals surface area (Å²) in [6.45, 7) is 2.67. The average molecular weight is 339 g/mol. The van der Waals surface area contributed by atoms with E-state index in [1.54, 1.807) is 29.4 Å². The molecule has 25 heavy (non-hydrogen) atoms. The average Bonchev–Trinajstić information content (AvgIpc) is 3.07. The predicted octanol–water partition coefficient (Wildman–Crippen LogP) is 2.31. The van der Waals surface area contributed by atoms with Gasteiger partial charge in [0, 0.05) is 38.2 Å². The normalized spacial score (nSPS) is 16.9. The number of hydrogen-bond donors (Lipinski definition) is 1. The Morgan fingerprint density at radius 1 is 1.20 bits per heavy atom. The number of hydrogen-bond acceptors (Lipinski definition) is 3. The molecule has 130 valence electrons. The molecule has 1 aromatic heterocycles. The van der Waals surface area contributed by atoms with Crippen molar-refractivity contribution in [3.63, 3.8) is 0 Å². The smallest absolute Gasteiger partial charge is 0.331 e. The lowest BCUT2D eigenvalue weighted by molar-refractivity contribution is -0.152. The van der Waals surface area contributed by atoms with Crippen LogP contribution in [0.2, 0.25) is 0 Å². The zero-order valence-electron chi connectivity index (χ0n) is 14.1. The number of piperidine rings is 1. The molecule has 0 bridgehead atoms. The zero-order chi connectivity index (χ0) is 17.9. The van der Waals surface area contributed by atoms with Crippen LogP contribution in [-0.4, -0.2) is 44.8 Å². The molecule has 2 aromatic rings. The van der Waals surface area contributed by atoms with E-state index in [0.29, 0.717) is 25.9 Å². The van der Waals surface area contributed by atoms with E-state index < -0.39 is 11.5 Å². The minimum Gasteiger partial charge on any atom is -0.479 e. The van der Waals surface area contributed by atoms with Crippen molar-refractivity contribution in [2.45, 2.75) is 25.3 Å². The molecule has 1 N–H and O–H groups in total. The number of benzene rings is 1. The first-order valence-electron chi connectivity index (χ1n) is 8.28. The third kappa shape index (κ3) is 3.47. The standard InChI is InChI=1S/C19H21N3O3/c1-15-13-20-22(14-15)19(18(24)25)9-11-21(12-10-19)17(23)8-7-16-5-3-2-4-6-16/h2-8,13-14H,9-12H2,1H3,(H,24,25). The Hall–Kier alpha value is -2.89. The number of aromatic nitrogens is 2. The number of nitrogens with zero attached hydrogens (tertiary/aromatic N) is 3. The maximum absolute atomic E-state index is 12.4. The first kappa shape index (κ1) is 17.0. The summed E-state index contributed by atoms with van der Waals surface area (Å²) >= 11 is 0. The lowest BCUT2D eigenvalue weighted by atomic mass is 9.87. The number of likely N-dealkylation sites (tertiary alicyclic amines) is 1. The molecule has 0 atom stereocenters. The number of aryl methyl sites for hydroxylation is 1. The van der Waals surface area contributed by atoms with E-state index in [1.807, 2.05) is 37.3 Å². The van der Waals surface area contributed by atoms with Gasteiger partial charge in [0.05, 0.1) is 6.20 Å². The van der Waals surface area contributed by atoms with Crippen LogP contribution in [0.4, 0.5) is 0 Å². The number of amides is 1. The van der Waals surface area contributed by atoms with Crippen molar-refractivity contribution in [1.29, 1.82) is 0 Å². The quantitative estimate of drug-likeness (QED) is 0.868. The lowest BCUT2D eigenvalue weighted by Gasteiger charge is -2.38. The van der Waals surface area contributed by atoms with E-state index in [0.717, 1.165) is 11.1 Å². The molecule has 6 nitrogen and oxygen atoms in total. The number of carbonyl (C=O) groups is 2. The Labute approximate surface area is 146 Å². The molecule has 3 rings (SSSR count). The molecule has 6 heteroatoms. The summed E-state index contributed by atoms with van der Waals surface area (Å²) < 4.78 is 1.53. The third-order valence-corrected chi connectivity index (χ3v) is 4.67. The fourth-order valence-electron chi connectivity index (χ4n) is 3.12. The lowest BCUT2D eigenvalue weighted by Crippen LogP contribution is -2.52. The van der Waals surface area contributed by atoms with Gasteiger partial charge in [0.1, 0.15) is 0 Å². The van der Waals surface area contributed by atoms with Crippen LogP contribution in [0.25, 0.3) is 6.08 Å². The van der Waals surface area contributed by atoms with Gasteiger partial charge in [-0.25, -0.2) is 4.79 Å². The number of carboxylic acids is 1. The van der Waals surface area contributed by atoms with E-state index in [2.05, 4.69) is 5.10 Å². The van der Waals surface area contributed by atoms with Gasteiger partial charge in [-0.1, -0.05) is 30.3 Å². The Bertz CT molecular complexity index is 787. The maximum Gasteiger partial charge on any atom is 0.331 e. The predicted molar refractivity (Wildman–Crippen MR) is 93.9 cm³/mol. The van der Waals surface area contributed by atoms with E-state index in [4.69, 9.17) is 0 Å². The fourth-order valence-corrected chi connectivity index (χ4v) is 3.12. The Morgan fingerprint density at radius 3 is 2.44 bits per heavy atom. The number of aliphatic carboxylic acids is 1. The number of carbonyl (C=O) groups excluding carboxylic acids is 1. The Balaban J connectivity index is 1.68. The van der Waals surface area contributed by atoms with Crippen LogP contribution in [0.1, 0.15) is 24.0 Å². The first-order valence-corrected chi connectivity index (χ1v) is 8.28. The molecule has 0 radical (unpaired) electrons. The molecular weight excluding hydrogens is 318 g/mol. The van der Waals surface area contributed by atoms with Crippen LogP contribution in [-0.2, 0) is 15.1 Å². The van der Waals surface area contributed by atoms with E-state index >= 15 is 0 Å². The summed E-state index contributed by atoms with van der Waals surface area (Å²) in [4.78, 5) is 25.9. The molecule has 0 spiro atoms. The van der Waals surface area contributed by atoms with Crippen molar-refractivity contribution in [1.82, 2.24) is 14.7 Å². The van der Waals surface area contributed by atoms with Crippen LogP contribution >= 0.6 is 0 Å². The van der Waals surface area contributed by atoms with Crippen molar-refractivity contribution in [3.05, 3.63) is 59.9 Å². The highest BCUT2D eigenvalue weighted by molar-refractivity contribution is 5.92. The number of rotatable bonds is 4. The molecule has 1 aliphatic heterocycles. The second-order valence-corrected chi connectivity index (χ2v) is 6.37. The van der Waals surface area contributed by atoms with Crippen molar-refractivity contribution in [2.24, 2.45) is 0 Å². The first-order chi connectivity index (χ1) is 12.0. The minimum absolute atomic E-state index is 0.0977. The highest BCUT2D eigenvalue weighted by Gasteiger charge is 2.44. The van der Waals surface area contributed by atoms with Crippen molar-refractivity contribution in [2.75, 3.05) is 13.1 Å². The van der Waals surface area contributed by atoms with Gasteiger partial charge in [-0.3, -0.25) is 9.48 Å². The Kier molecular flexibility index (Phi) is 4.70. The largest absolute Gasteiger partial charge is 0.479 e. The van der Waals surface area contributed by atoms with E-state index in [1.165, 1.54) is 4.68 Å². The third-order valence-electron chi connectivity index (χ3n) is 4.67. The molecule has 2 heterocycles. The molecule has 0 aliphatic carbocycles.